The van der Waals surface area contributed by atoms with Gasteiger partial charge in [0.25, 0.3) is 0 Å². The predicted molar refractivity (Wildman–Crippen MR) is 108 cm³/mol. The molecule has 0 saturated carbocycles. The average molecular weight is 373 g/mol. The number of hydrogen-bond donors (Lipinski definition) is 2. The molecule has 0 amide bonds. The zero-order valence-corrected chi connectivity index (χ0v) is 15.6. The third kappa shape index (κ3) is 3.16. The third-order valence-corrected chi connectivity index (χ3v) is 4.36. The SMILES string of the molecule is CCOc1cc2ncc(C#N)c(Nc3ccc4cn[nH]c4c3)c2cc1OCC. The Labute approximate surface area is 161 Å². The highest BCUT2D eigenvalue weighted by Gasteiger charge is 2.15. The molecule has 0 bridgehead atoms. The highest BCUT2D eigenvalue weighted by molar-refractivity contribution is 5.98. The molecular weight excluding hydrogens is 354 g/mol. The van der Waals surface area contributed by atoms with E-state index in [1.54, 1.807) is 12.4 Å². The molecule has 0 radical (unpaired) electrons. The van der Waals surface area contributed by atoms with Crippen LogP contribution in [0.4, 0.5) is 11.4 Å². The van der Waals surface area contributed by atoms with Gasteiger partial charge in [-0.2, -0.15) is 10.4 Å². The van der Waals surface area contributed by atoms with Crippen molar-refractivity contribution in [1.82, 2.24) is 15.2 Å². The van der Waals surface area contributed by atoms with Gasteiger partial charge in [-0.3, -0.25) is 10.1 Å². The highest BCUT2D eigenvalue weighted by Crippen LogP contribution is 2.37. The molecule has 2 aromatic heterocycles. The summed E-state index contributed by atoms with van der Waals surface area (Å²) < 4.78 is 11.4. The summed E-state index contributed by atoms with van der Waals surface area (Å²) in [4.78, 5) is 4.43. The van der Waals surface area contributed by atoms with Gasteiger partial charge >= 0.3 is 0 Å². The molecule has 0 aliphatic heterocycles. The van der Waals surface area contributed by atoms with Crippen molar-refractivity contribution < 1.29 is 9.47 Å². The van der Waals surface area contributed by atoms with Crippen LogP contribution in [-0.2, 0) is 0 Å². The summed E-state index contributed by atoms with van der Waals surface area (Å²) in [5.74, 6) is 1.26. The monoisotopic (exact) mass is 373 g/mol. The fourth-order valence-electron chi connectivity index (χ4n) is 3.12. The number of hydrogen-bond acceptors (Lipinski definition) is 6. The lowest BCUT2D eigenvalue weighted by Gasteiger charge is -2.15. The average Bonchev–Trinajstić information content (AvgIpc) is 3.17. The molecule has 0 atom stereocenters. The van der Waals surface area contributed by atoms with Gasteiger partial charge in [0, 0.05) is 28.7 Å². The van der Waals surface area contributed by atoms with E-state index in [9.17, 15) is 5.26 Å². The molecule has 140 valence electrons. The quantitative estimate of drug-likeness (QED) is 0.516. The molecule has 2 N–H and O–H groups in total. The molecule has 0 unspecified atom stereocenters. The topological polar surface area (TPSA) is 95.9 Å². The van der Waals surface area contributed by atoms with Crippen LogP contribution >= 0.6 is 0 Å². The van der Waals surface area contributed by atoms with Gasteiger partial charge < -0.3 is 14.8 Å². The van der Waals surface area contributed by atoms with Crippen molar-refractivity contribution in [2.75, 3.05) is 18.5 Å². The van der Waals surface area contributed by atoms with Gasteiger partial charge in [0.1, 0.15) is 6.07 Å². The number of benzene rings is 2. The van der Waals surface area contributed by atoms with Crippen LogP contribution in [-0.4, -0.2) is 28.4 Å². The number of fused-ring (bicyclic) bond motifs is 2. The fourth-order valence-corrected chi connectivity index (χ4v) is 3.12. The maximum Gasteiger partial charge on any atom is 0.163 e. The number of nitrogens with zero attached hydrogens (tertiary/aromatic N) is 3. The number of ether oxygens (including phenoxy) is 2. The van der Waals surface area contributed by atoms with Crippen LogP contribution in [0.1, 0.15) is 19.4 Å². The van der Waals surface area contributed by atoms with Crippen molar-refractivity contribution in [3.63, 3.8) is 0 Å². The zero-order chi connectivity index (χ0) is 19.5. The van der Waals surface area contributed by atoms with Gasteiger partial charge in [-0.05, 0) is 38.1 Å². The van der Waals surface area contributed by atoms with E-state index in [0.29, 0.717) is 36.0 Å². The first-order valence-corrected chi connectivity index (χ1v) is 9.06. The Bertz CT molecular complexity index is 1190. The van der Waals surface area contributed by atoms with E-state index in [-0.39, 0.29) is 0 Å². The van der Waals surface area contributed by atoms with Crippen LogP contribution in [0.15, 0.2) is 42.7 Å². The van der Waals surface area contributed by atoms with Crippen LogP contribution in [0, 0.1) is 11.3 Å². The number of nitrogens with one attached hydrogen (secondary N) is 2. The number of nitriles is 1. The first-order valence-electron chi connectivity index (χ1n) is 9.06. The molecule has 0 spiro atoms. The van der Waals surface area contributed by atoms with E-state index in [0.717, 1.165) is 27.5 Å². The Hall–Kier alpha value is -3.79. The minimum Gasteiger partial charge on any atom is -0.490 e. The standard InChI is InChI=1S/C21H19N5O2/c1-3-27-19-8-16-18(9-20(19)28-4-2)23-11-14(10-22)21(16)25-15-6-5-13-12-24-26-17(13)7-15/h5-9,11-12H,3-4H2,1-2H3,(H,23,25)(H,24,26). The van der Waals surface area contributed by atoms with Crippen LogP contribution < -0.4 is 14.8 Å². The molecule has 7 heteroatoms. The van der Waals surface area contributed by atoms with Crippen molar-refractivity contribution >= 4 is 33.2 Å². The molecule has 2 aromatic carbocycles. The summed E-state index contributed by atoms with van der Waals surface area (Å²) in [6, 6.07) is 11.8. The molecule has 28 heavy (non-hydrogen) atoms. The summed E-state index contributed by atoms with van der Waals surface area (Å²) in [7, 11) is 0. The summed E-state index contributed by atoms with van der Waals surface area (Å²) in [6.45, 7) is 4.88. The fraction of sp³-hybridized carbons (Fsp3) is 0.190. The van der Waals surface area contributed by atoms with Gasteiger partial charge in [0.05, 0.1) is 41.7 Å². The Morgan fingerprint density at radius 2 is 1.86 bits per heavy atom. The van der Waals surface area contributed by atoms with Gasteiger partial charge in [0.15, 0.2) is 11.5 Å². The van der Waals surface area contributed by atoms with Gasteiger partial charge in [-0.15, -0.1) is 0 Å². The lowest BCUT2D eigenvalue weighted by molar-refractivity contribution is 0.288. The van der Waals surface area contributed by atoms with Crippen molar-refractivity contribution in [3.05, 3.63) is 48.3 Å². The Kier molecular flexibility index (Phi) is 4.68. The third-order valence-electron chi connectivity index (χ3n) is 4.36. The van der Waals surface area contributed by atoms with Gasteiger partial charge in [-0.25, -0.2) is 0 Å². The lowest BCUT2D eigenvalue weighted by Crippen LogP contribution is -2.01. The number of aromatic nitrogens is 3. The van der Waals surface area contributed by atoms with Crippen LogP contribution in [0.25, 0.3) is 21.8 Å². The Morgan fingerprint density at radius 3 is 2.61 bits per heavy atom. The molecule has 0 fully saturated rings. The summed E-state index contributed by atoms with van der Waals surface area (Å²) in [5, 5.41) is 21.8. The Balaban J connectivity index is 1.86. The van der Waals surface area contributed by atoms with E-state index < -0.39 is 0 Å². The second kappa shape index (κ2) is 7.45. The van der Waals surface area contributed by atoms with E-state index in [4.69, 9.17) is 9.47 Å². The lowest BCUT2D eigenvalue weighted by atomic mass is 10.1. The van der Waals surface area contributed by atoms with Crippen LogP contribution in [0.3, 0.4) is 0 Å². The molecular formula is C21H19N5O2. The summed E-state index contributed by atoms with van der Waals surface area (Å²) in [5.41, 5.74) is 3.60. The maximum atomic E-state index is 9.60. The maximum absolute atomic E-state index is 9.60. The minimum atomic E-state index is 0.448. The van der Waals surface area contributed by atoms with Crippen molar-refractivity contribution in [2.45, 2.75) is 13.8 Å². The van der Waals surface area contributed by atoms with Crippen molar-refractivity contribution in [2.24, 2.45) is 0 Å². The van der Waals surface area contributed by atoms with E-state index >= 15 is 0 Å². The number of aromatic amines is 1. The minimum absolute atomic E-state index is 0.448. The van der Waals surface area contributed by atoms with Crippen LogP contribution in [0.5, 0.6) is 11.5 Å². The number of pyridine rings is 1. The predicted octanol–water partition coefficient (Wildman–Crippen LogP) is 4.52. The van der Waals surface area contributed by atoms with E-state index in [1.165, 1.54) is 0 Å². The molecule has 2 heterocycles. The van der Waals surface area contributed by atoms with E-state index in [1.807, 2.05) is 44.2 Å². The number of H-pyrrole nitrogens is 1. The van der Waals surface area contributed by atoms with Gasteiger partial charge in [-0.1, -0.05) is 0 Å². The summed E-state index contributed by atoms with van der Waals surface area (Å²) >= 11 is 0. The second-order valence-corrected chi connectivity index (χ2v) is 6.14. The highest BCUT2D eigenvalue weighted by atomic mass is 16.5. The van der Waals surface area contributed by atoms with Crippen LogP contribution in [0.2, 0.25) is 0 Å². The Morgan fingerprint density at radius 1 is 1.07 bits per heavy atom. The summed E-state index contributed by atoms with van der Waals surface area (Å²) in [6.07, 6.45) is 3.33. The second-order valence-electron chi connectivity index (χ2n) is 6.14. The molecule has 7 nitrogen and oxygen atoms in total. The van der Waals surface area contributed by atoms with Gasteiger partial charge in [0.2, 0.25) is 0 Å². The number of anilines is 2. The normalized spacial score (nSPS) is 10.8. The largest absolute Gasteiger partial charge is 0.490 e. The molecule has 4 rings (SSSR count). The van der Waals surface area contributed by atoms with Crippen molar-refractivity contribution in [1.29, 1.82) is 5.26 Å². The van der Waals surface area contributed by atoms with Crippen molar-refractivity contribution in [3.8, 4) is 17.6 Å². The molecule has 4 aromatic rings. The number of rotatable bonds is 6. The molecule has 0 aliphatic rings. The van der Waals surface area contributed by atoms with E-state index in [2.05, 4.69) is 26.6 Å². The molecule has 0 aliphatic carbocycles. The smallest absolute Gasteiger partial charge is 0.163 e. The molecule has 0 saturated heterocycles. The first-order chi connectivity index (χ1) is 13.7. The zero-order valence-electron chi connectivity index (χ0n) is 15.6. The first kappa shape index (κ1) is 17.6.